The third-order valence-corrected chi connectivity index (χ3v) is 2.59. The van der Waals surface area contributed by atoms with E-state index in [4.69, 9.17) is 4.74 Å². The summed E-state index contributed by atoms with van der Waals surface area (Å²) in [6.45, 7) is 5.14. The number of aromatic nitrogens is 1. The number of hydrogen-bond donors (Lipinski definition) is 1. The minimum absolute atomic E-state index is 0.407. The highest BCUT2D eigenvalue weighted by Crippen LogP contribution is 2.09. The molecule has 0 radical (unpaired) electrons. The number of hydrogen-bond acceptors (Lipinski definition) is 4. The third kappa shape index (κ3) is 4.17. The Bertz CT molecular complexity index is 262. The summed E-state index contributed by atoms with van der Waals surface area (Å²) in [5.41, 5.74) is 0.958. The van der Waals surface area contributed by atoms with E-state index in [2.05, 4.69) is 11.9 Å². The second kappa shape index (κ2) is 6.11. The first-order valence-corrected chi connectivity index (χ1v) is 5.77. The van der Waals surface area contributed by atoms with E-state index in [1.165, 1.54) is 0 Å². The first kappa shape index (κ1) is 11.6. The Kier molecular flexibility index (Phi) is 5.07. The number of thiazole rings is 1. The highest BCUT2D eigenvalue weighted by molar-refractivity contribution is 7.09. The first-order valence-electron chi connectivity index (χ1n) is 4.89. The molecule has 0 aliphatic rings. The van der Waals surface area contributed by atoms with Crippen molar-refractivity contribution in [2.24, 2.45) is 0 Å². The molecule has 3 nitrogen and oxygen atoms in total. The van der Waals surface area contributed by atoms with Gasteiger partial charge in [0.25, 0.3) is 0 Å². The van der Waals surface area contributed by atoms with E-state index >= 15 is 0 Å². The van der Waals surface area contributed by atoms with Crippen molar-refractivity contribution in [3.63, 3.8) is 0 Å². The van der Waals surface area contributed by atoms with Gasteiger partial charge < -0.3 is 9.84 Å². The van der Waals surface area contributed by atoms with Gasteiger partial charge in [0.2, 0.25) is 0 Å². The van der Waals surface area contributed by atoms with E-state index in [0.717, 1.165) is 17.1 Å². The Balaban J connectivity index is 2.23. The SMILES string of the molecule is CCCOCC(O)Cc1csc(C)n1. The van der Waals surface area contributed by atoms with E-state index in [0.29, 0.717) is 19.6 Å². The standard InChI is InChI=1S/C10H17NO2S/c1-3-4-13-6-10(12)5-9-7-14-8(2)11-9/h7,10,12H,3-6H2,1-2H3. The van der Waals surface area contributed by atoms with Crippen LogP contribution in [0, 0.1) is 6.92 Å². The molecule has 0 fully saturated rings. The van der Waals surface area contributed by atoms with Crippen molar-refractivity contribution in [3.05, 3.63) is 16.1 Å². The Morgan fingerprint density at radius 1 is 1.64 bits per heavy atom. The van der Waals surface area contributed by atoms with Gasteiger partial charge in [0.15, 0.2) is 0 Å². The molecule has 1 atom stereocenters. The fraction of sp³-hybridized carbons (Fsp3) is 0.700. The predicted molar refractivity (Wildman–Crippen MR) is 57.7 cm³/mol. The van der Waals surface area contributed by atoms with Crippen molar-refractivity contribution in [1.82, 2.24) is 4.98 Å². The quantitative estimate of drug-likeness (QED) is 0.736. The molecule has 0 bridgehead atoms. The molecule has 0 aromatic carbocycles. The summed E-state index contributed by atoms with van der Waals surface area (Å²) >= 11 is 1.61. The molecule has 1 heterocycles. The Morgan fingerprint density at radius 3 is 3.00 bits per heavy atom. The maximum absolute atomic E-state index is 9.58. The number of rotatable bonds is 6. The molecule has 0 spiro atoms. The molecule has 0 aliphatic heterocycles. The summed E-state index contributed by atoms with van der Waals surface area (Å²) in [6, 6.07) is 0. The zero-order valence-corrected chi connectivity index (χ0v) is 9.51. The molecule has 1 N–H and O–H groups in total. The Labute approximate surface area is 88.8 Å². The maximum atomic E-state index is 9.58. The average Bonchev–Trinajstić information content (AvgIpc) is 2.52. The second-order valence-corrected chi connectivity index (χ2v) is 4.35. The van der Waals surface area contributed by atoms with Crippen molar-refractivity contribution < 1.29 is 9.84 Å². The van der Waals surface area contributed by atoms with Gasteiger partial charge in [-0.25, -0.2) is 4.98 Å². The van der Waals surface area contributed by atoms with Gasteiger partial charge >= 0.3 is 0 Å². The van der Waals surface area contributed by atoms with E-state index < -0.39 is 6.10 Å². The van der Waals surface area contributed by atoms with E-state index in [1.807, 2.05) is 12.3 Å². The van der Waals surface area contributed by atoms with Gasteiger partial charge in [-0.3, -0.25) is 0 Å². The zero-order valence-electron chi connectivity index (χ0n) is 8.69. The normalized spacial score (nSPS) is 13.1. The van der Waals surface area contributed by atoms with Crippen LogP contribution in [0.2, 0.25) is 0 Å². The molecular formula is C10H17NO2S. The molecule has 1 aromatic heterocycles. The van der Waals surface area contributed by atoms with E-state index in [1.54, 1.807) is 11.3 Å². The lowest BCUT2D eigenvalue weighted by Gasteiger charge is -2.08. The zero-order chi connectivity index (χ0) is 10.4. The molecular weight excluding hydrogens is 198 g/mol. The van der Waals surface area contributed by atoms with Crippen molar-refractivity contribution in [2.75, 3.05) is 13.2 Å². The van der Waals surface area contributed by atoms with Crippen LogP contribution in [0.25, 0.3) is 0 Å². The van der Waals surface area contributed by atoms with Crippen LogP contribution in [0.3, 0.4) is 0 Å². The third-order valence-electron chi connectivity index (χ3n) is 1.77. The molecule has 1 unspecified atom stereocenters. The highest BCUT2D eigenvalue weighted by Gasteiger charge is 2.07. The first-order chi connectivity index (χ1) is 6.72. The van der Waals surface area contributed by atoms with Crippen LogP contribution in [0.1, 0.15) is 24.0 Å². The van der Waals surface area contributed by atoms with Crippen LogP contribution in [0.5, 0.6) is 0 Å². The summed E-state index contributed by atoms with van der Waals surface area (Å²) in [5, 5.41) is 12.6. The number of aliphatic hydroxyl groups excluding tert-OH is 1. The van der Waals surface area contributed by atoms with Gasteiger partial charge in [-0.05, 0) is 13.3 Å². The van der Waals surface area contributed by atoms with Crippen molar-refractivity contribution in [3.8, 4) is 0 Å². The van der Waals surface area contributed by atoms with E-state index in [9.17, 15) is 5.11 Å². The molecule has 80 valence electrons. The van der Waals surface area contributed by atoms with Gasteiger partial charge in [-0.15, -0.1) is 11.3 Å². The number of nitrogens with zero attached hydrogens (tertiary/aromatic N) is 1. The minimum atomic E-state index is -0.428. The lowest BCUT2D eigenvalue weighted by atomic mass is 10.2. The van der Waals surface area contributed by atoms with Crippen LogP contribution in [0.4, 0.5) is 0 Å². The molecule has 1 rings (SSSR count). The molecule has 0 saturated heterocycles. The van der Waals surface area contributed by atoms with Crippen LogP contribution in [-0.4, -0.2) is 29.4 Å². The van der Waals surface area contributed by atoms with Crippen LogP contribution in [-0.2, 0) is 11.2 Å². The van der Waals surface area contributed by atoms with Crippen LogP contribution in [0.15, 0.2) is 5.38 Å². The van der Waals surface area contributed by atoms with Gasteiger partial charge in [0.05, 0.1) is 23.4 Å². The Morgan fingerprint density at radius 2 is 2.43 bits per heavy atom. The Hall–Kier alpha value is -0.450. The average molecular weight is 215 g/mol. The molecule has 14 heavy (non-hydrogen) atoms. The van der Waals surface area contributed by atoms with Crippen LogP contribution < -0.4 is 0 Å². The predicted octanol–water partition coefficient (Wildman–Crippen LogP) is 1.78. The second-order valence-electron chi connectivity index (χ2n) is 3.29. The fourth-order valence-electron chi connectivity index (χ4n) is 1.17. The van der Waals surface area contributed by atoms with Crippen molar-refractivity contribution in [1.29, 1.82) is 0 Å². The summed E-state index contributed by atoms with van der Waals surface area (Å²) in [4.78, 5) is 4.28. The lowest BCUT2D eigenvalue weighted by Crippen LogP contribution is -2.18. The summed E-state index contributed by atoms with van der Waals surface area (Å²) in [6.07, 6.45) is 1.15. The smallest absolute Gasteiger partial charge is 0.0897 e. The number of aryl methyl sites for hydroxylation is 1. The van der Waals surface area contributed by atoms with Gasteiger partial charge in [0.1, 0.15) is 0 Å². The molecule has 0 saturated carbocycles. The summed E-state index contributed by atoms with van der Waals surface area (Å²) in [7, 11) is 0. The van der Waals surface area contributed by atoms with Gasteiger partial charge in [-0.1, -0.05) is 6.92 Å². The number of aliphatic hydroxyl groups is 1. The van der Waals surface area contributed by atoms with Crippen LogP contribution >= 0.6 is 11.3 Å². The largest absolute Gasteiger partial charge is 0.390 e. The van der Waals surface area contributed by atoms with Crippen molar-refractivity contribution >= 4 is 11.3 Å². The summed E-state index contributed by atoms with van der Waals surface area (Å²) in [5.74, 6) is 0. The minimum Gasteiger partial charge on any atom is -0.390 e. The monoisotopic (exact) mass is 215 g/mol. The van der Waals surface area contributed by atoms with E-state index in [-0.39, 0.29) is 0 Å². The summed E-state index contributed by atoms with van der Waals surface area (Å²) < 4.78 is 5.25. The fourth-order valence-corrected chi connectivity index (χ4v) is 1.79. The van der Waals surface area contributed by atoms with Gasteiger partial charge in [-0.2, -0.15) is 0 Å². The van der Waals surface area contributed by atoms with Crippen molar-refractivity contribution in [2.45, 2.75) is 32.8 Å². The molecule has 0 amide bonds. The molecule has 4 heteroatoms. The lowest BCUT2D eigenvalue weighted by molar-refractivity contribution is 0.0370. The maximum Gasteiger partial charge on any atom is 0.0897 e. The number of ether oxygens (including phenoxy) is 1. The molecule has 0 aliphatic carbocycles. The topological polar surface area (TPSA) is 42.4 Å². The van der Waals surface area contributed by atoms with Gasteiger partial charge in [0, 0.05) is 18.4 Å². The highest BCUT2D eigenvalue weighted by atomic mass is 32.1. The molecule has 1 aromatic rings.